The first kappa shape index (κ1) is 18.7. The quantitative estimate of drug-likeness (QED) is 0.504. The zero-order chi connectivity index (χ0) is 20.4. The summed E-state index contributed by atoms with van der Waals surface area (Å²) in [7, 11) is 3.24. The van der Waals surface area contributed by atoms with Crippen molar-refractivity contribution >= 4 is 16.7 Å². The lowest BCUT2D eigenvalue weighted by molar-refractivity contribution is 0.356. The molecule has 0 saturated carbocycles. The second-order valence-corrected chi connectivity index (χ2v) is 6.80. The van der Waals surface area contributed by atoms with Crippen molar-refractivity contribution in [2.24, 2.45) is 0 Å². The van der Waals surface area contributed by atoms with Crippen LogP contribution in [0.25, 0.3) is 22.2 Å². The Morgan fingerprint density at radius 1 is 1.03 bits per heavy atom. The smallest absolute Gasteiger partial charge is 0.162 e. The van der Waals surface area contributed by atoms with Gasteiger partial charge in [-0.15, -0.1) is 0 Å². The lowest BCUT2D eigenvalue weighted by Gasteiger charge is -2.18. The maximum absolute atomic E-state index is 5.46. The molecule has 7 nitrogen and oxygen atoms in total. The number of anilines is 1. The Hall–Kier alpha value is -3.61. The zero-order valence-electron chi connectivity index (χ0n) is 16.9. The monoisotopic (exact) mass is 389 g/mol. The first-order valence-electron chi connectivity index (χ1n) is 9.34. The number of aromatic amines is 1. The molecule has 0 aliphatic heterocycles. The number of aromatic nitrogens is 4. The van der Waals surface area contributed by atoms with Gasteiger partial charge in [-0.3, -0.25) is 0 Å². The Balaban J connectivity index is 1.71. The average Bonchev–Trinajstić information content (AvgIpc) is 3.27. The molecule has 7 heteroatoms. The highest BCUT2D eigenvalue weighted by atomic mass is 16.5. The van der Waals surface area contributed by atoms with Gasteiger partial charge in [0.25, 0.3) is 0 Å². The minimum Gasteiger partial charge on any atom is -0.493 e. The van der Waals surface area contributed by atoms with Gasteiger partial charge in [0, 0.05) is 17.5 Å². The van der Waals surface area contributed by atoms with E-state index in [4.69, 9.17) is 9.47 Å². The fraction of sp³-hybridized carbons (Fsp3) is 0.227. The van der Waals surface area contributed by atoms with E-state index in [-0.39, 0.29) is 6.04 Å². The van der Waals surface area contributed by atoms with E-state index in [0.717, 1.165) is 33.5 Å². The van der Waals surface area contributed by atoms with E-state index in [1.807, 2.05) is 31.3 Å². The summed E-state index contributed by atoms with van der Waals surface area (Å²) in [4.78, 5) is 16.4. The molecule has 0 spiro atoms. The maximum atomic E-state index is 5.46. The largest absolute Gasteiger partial charge is 0.493 e. The van der Waals surface area contributed by atoms with Gasteiger partial charge < -0.3 is 19.8 Å². The highest BCUT2D eigenvalue weighted by Gasteiger charge is 2.15. The van der Waals surface area contributed by atoms with Crippen LogP contribution < -0.4 is 14.8 Å². The molecule has 2 N–H and O–H groups in total. The molecular weight excluding hydrogens is 366 g/mol. The number of nitrogens with zero attached hydrogens (tertiary/aromatic N) is 3. The Morgan fingerprint density at radius 3 is 2.55 bits per heavy atom. The summed E-state index contributed by atoms with van der Waals surface area (Å²) < 4.78 is 10.9. The van der Waals surface area contributed by atoms with Gasteiger partial charge in [-0.1, -0.05) is 18.2 Å². The number of ether oxygens (including phenoxy) is 2. The van der Waals surface area contributed by atoms with Crippen molar-refractivity contribution in [1.29, 1.82) is 0 Å². The van der Waals surface area contributed by atoms with Gasteiger partial charge in [-0.25, -0.2) is 15.0 Å². The molecule has 2 heterocycles. The van der Waals surface area contributed by atoms with Crippen LogP contribution in [0.2, 0.25) is 0 Å². The van der Waals surface area contributed by atoms with Crippen molar-refractivity contribution in [2.75, 3.05) is 19.5 Å². The summed E-state index contributed by atoms with van der Waals surface area (Å²) in [5.41, 5.74) is 4.01. The highest BCUT2D eigenvalue weighted by molar-refractivity contribution is 5.92. The lowest BCUT2D eigenvalue weighted by Crippen LogP contribution is -2.10. The van der Waals surface area contributed by atoms with E-state index in [9.17, 15) is 0 Å². The molecule has 2 aromatic heterocycles. The molecule has 1 atom stereocenters. The molecule has 0 amide bonds. The van der Waals surface area contributed by atoms with Gasteiger partial charge in [0.05, 0.1) is 38.0 Å². The molecule has 148 valence electrons. The summed E-state index contributed by atoms with van der Waals surface area (Å²) in [6, 6.07) is 12.2. The highest BCUT2D eigenvalue weighted by Crippen LogP contribution is 2.35. The molecule has 0 radical (unpaired) electrons. The molecular formula is C22H23N5O2. The number of H-pyrrole nitrogens is 1. The van der Waals surface area contributed by atoms with Crippen LogP contribution in [0.15, 0.2) is 48.9 Å². The van der Waals surface area contributed by atoms with Crippen molar-refractivity contribution in [2.45, 2.75) is 19.9 Å². The van der Waals surface area contributed by atoms with Crippen molar-refractivity contribution in [3.63, 3.8) is 0 Å². The first-order valence-corrected chi connectivity index (χ1v) is 9.34. The van der Waals surface area contributed by atoms with Crippen LogP contribution in [-0.2, 0) is 0 Å². The average molecular weight is 389 g/mol. The van der Waals surface area contributed by atoms with Gasteiger partial charge in [0.1, 0.15) is 11.6 Å². The second kappa shape index (κ2) is 7.79. The van der Waals surface area contributed by atoms with Crippen molar-refractivity contribution < 1.29 is 9.47 Å². The van der Waals surface area contributed by atoms with E-state index < -0.39 is 0 Å². The third kappa shape index (κ3) is 3.71. The molecule has 0 aliphatic rings. The molecule has 4 aromatic rings. The summed E-state index contributed by atoms with van der Waals surface area (Å²) >= 11 is 0. The molecule has 2 aromatic carbocycles. The number of nitrogens with one attached hydrogen (secondary N) is 2. The van der Waals surface area contributed by atoms with Crippen LogP contribution in [0.4, 0.5) is 5.82 Å². The number of methoxy groups -OCH3 is 2. The minimum absolute atomic E-state index is 0.0310. The van der Waals surface area contributed by atoms with Crippen LogP contribution in [0.3, 0.4) is 0 Å². The molecule has 29 heavy (non-hydrogen) atoms. The maximum Gasteiger partial charge on any atom is 0.162 e. The van der Waals surface area contributed by atoms with Gasteiger partial charge >= 0.3 is 0 Å². The molecule has 0 aliphatic carbocycles. The summed E-state index contributed by atoms with van der Waals surface area (Å²) in [5, 5.41) is 4.41. The van der Waals surface area contributed by atoms with Crippen LogP contribution in [0, 0.1) is 6.92 Å². The van der Waals surface area contributed by atoms with E-state index in [0.29, 0.717) is 17.3 Å². The third-order valence-corrected chi connectivity index (χ3v) is 4.86. The van der Waals surface area contributed by atoms with Crippen LogP contribution >= 0.6 is 0 Å². The van der Waals surface area contributed by atoms with Crippen molar-refractivity contribution in [3.8, 4) is 22.8 Å². The van der Waals surface area contributed by atoms with Crippen LogP contribution in [-0.4, -0.2) is 34.2 Å². The first-order chi connectivity index (χ1) is 14.1. The Labute approximate surface area is 169 Å². The van der Waals surface area contributed by atoms with Gasteiger partial charge in [0.15, 0.2) is 11.5 Å². The Kier molecular flexibility index (Phi) is 5.03. The predicted molar refractivity (Wildman–Crippen MR) is 113 cm³/mol. The standard InChI is InChI=1S/C22H23N5O2/c1-13(15-6-5-7-16(8-15)19-11-23-12-24-19)25-22-17-9-20(28-3)21(29-4)10-18(17)26-14(2)27-22/h5-13H,1-4H3,(H,23,24)(H,25,26,27)/t13-/m1/s1. The Bertz CT molecular complexity index is 1140. The molecule has 0 saturated heterocycles. The van der Waals surface area contributed by atoms with Crippen molar-refractivity contribution in [3.05, 3.63) is 60.3 Å². The molecule has 4 rings (SSSR count). The molecule has 0 unspecified atom stereocenters. The summed E-state index contributed by atoms with van der Waals surface area (Å²) in [6.07, 6.45) is 3.50. The van der Waals surface area contributed by atoms with Crippen molar-refractivity contribution in [1.82, 2.24) is 19.9 Å². The normalized spacial score (nSPS) is 12.0. The van der Waals surface area contributed by atoms with Crippen LogP contribution in [0.5, 0.6) is 11.5 Å². The van der Waals surface area contributed by atoms with Crippen LogP contribution in [0.1, 0.15) is 24.4 Å². The van der Waals surface area contributed by atoms with Gasteiger partial charge in [-0.05, 0) is 37.1 Å². The number of aryl methyl sites for hydroxylation is 1. The number of hydrogen-bond donors (Lipinski definition) is 2. The van der Waals surface area contributed by atoms with E-state index in [2.05, 4.69) is 50.4 Å². The summed E-state index contributed by atoms with van der Waals surface area (Å²) in [5.74, 6) is 2.73. The van der Waals surface area contributed by atoms with E-state index in [1.54, 1.807) is 20.5 Å². The lowest BCUT2D eigenvalue weighted by atomic mass is 10.0. The second-order valence-electron chi connectivity index (χ2n) is 6.80. The Morgan fingerprint density at radius 2 is 1.83 bits per heavy atom. The topological polar surface area (TPSA) is 85.0 Å². The van der Waals surface area contributed by atoms with E-state index >= 15 is 0 Å². The molecule has 0 fully saturated rings. The predicted octanol–water partition coefficient (Wildman–Crippen LogP) is 4.52. The summed E-state index contributed by atoms with van der Waals surface area (Å²) in [6.45, 7) is 3.99. The third-order valence-electron chi connectivity index (χ3n) is 4.86. The number of imidazole rings is 1. The number of benzene rings is 2. The van der Waals surface area contributed by atoms with E-state index in [1.165, 1.54) is 0 Å². The zero-order valence-corrected chi connectivity index (χ0v) is 16.9. The van der Waals surface area contributed by atoms with Gasteiger partial charge in [-0.2, -0.15) is 0 Å². The SMILES string of the molecule is COc1cc2nc(C)nc(N[C@H](C)c3cccc(-c4cnc[nH]4)c3)c2cc1OC. The fourth-order valence-electron chi connectivity index (χ4n) is 3.36. The fourth-order valence-corrected chi connectivity index (χ4v) is 3.36. The minimum atomic E-state index is 0.0310. The number of rotatable bonds is 6. The number of hydrogen-bond acceptors (Lipinski definition) is 6. The number of fused-ring (bicyclic) bond motifs is 1. The molecule has 0 bridgehead atoms. The van der Waals surface area contributed by atoms with Gasteiger partial charge in [0.2, 0.25) is 0 Å².